The number of aliphatic carboxylic acids is 1. The van der Waals surface area contributed by atoms with Crippen LogP contribution in [0.4, 0.5) is 10.1 Å². The van der Waals surface area contributed by atoms with Crippen molar-refractivity contribution >= 4 is 11.7 Å². The van der Waals surface area contributed by atoms with Gasteiger partial charge in [-0.15, -0.1) is 0 Å². The molecule has 3 rings (SSSR count). The van der Waals surface area contributed by atoms with E-state index in [0.717, 1.165) is 51.3 Å². The molecule has 1 N–H and O–H groups in total. The molecule has 0 radical (unpaired) electrons. The summed E-state index contributed by atoms with van der Waals surface area (Å²) >= 11 is 0. The molecule has 0 aromatic heterocycles. The number of benzene rings is 2. The lowest BCUT2D eigenvalue weighted by molar-refractivity contribution is -0.137. The Bertz CT molecular complexity index is 774. The van der Waals surface area contributed by atoms with Crippen molar-refractivity contribution in [3.63, 3.8) is 0 Å². The van der Waals surface area contributed by atoms with Crippen molar-refractivity contribution in [2.45, 2.75) is 25.7 Å². The third kappa shape index (κ3) is 6.75. The summed E-state index contributed by atoms with van der Waals surface area (Å²) in [5.74, 6) is -0.0405. The van der Waals surface area contributed by atoms with Gasteiger partial charge in [0.25, 0.3) is 0 Å². The number of ether oxygens (including phenoxy) is 1. The lowest BCUT2D eigenvalue weighted by Crippen LogP contribution is -2.47. The van der Waals surface area contributed by atoms with Crippen molar-refractivity contribution in [1.29, 1.82) is 0 Å². The summed E-state index contributed by atoms with van der Waals surface area (Å²) < 4.78 is 19.8. The van der Waals surface area contributed by atoms with E-state index in [1.807, 2.05) is 36.4 Å². The first-order valence-corrected chi connectivity index (χ1v) is 10.3. The average Bonchev–Trinajstić information content (AvgIpc) is 2.73. The zero-order valence-electron chi connectivity index (χ0n) is 16.7. The van der Waals surface area contributed by atoms with E-state index in [0.29, 0.717) is 18.7 Å². The number of carbonyl (C=O) groups is 1. The Balaban J connectivity index is 1.33. The third-order valence-electron chi connectivity index (χ3n) is 5.27. The van der Waals surface area contributed by atoms with Crippen LogP contribution in [0.3, 0.4) is 0 Å². The smallest absolute Gasteiger partial charge is 0.303 e. The highest BCUT2D eigenvalue weighted by molar-refractivity contribution is 5.66. The number of halogens is 1. The van der Waals surface area contributed by atoms with Crippen LogP contribution in [0.5, 0.6) is 5.75 Å². The summed E-state index contributed by atoms with van der Waals surface area (Å²) in [5, 5.41) is 8.66. The number of para-hydroxylation sites is 1. The van der Waals surface area contributed by atoms with Gasteiger partial charge >= 0.3 is 5.97 Å². The minimum absolute atomic E-state index is 0.158. The Morgan fingerprint density at radius 1 is 1.00 bits per heavy atom. The number of hydrogen-bond acceptors (Lipinski definition) is 4. The van der Waals surface area contributed by atoms with E-state index < -0.39 is 5.97 Å². The maximum absolute atomic E-state index is 13.9. The van der Waals surface area contributed by atoms with Crippen molar-refractivity contribution in [3.8, 4) is 5.75 Å². The Labute approximate surface area is 171 Å². The van der Waals surface area contributed by atoms with E-state index >= 15 is 0 Å². The summed E-state index contributed by atoms with van der Waals surface area (Å²) in [6.07, 6.45) is 2.71. The summed E-state index contributed by atoms with van der Waals surface area (Å²) in [5.41, 5.74) is 1.89. The predicted molar refractivity (Wildman–Crippen MR) is 112 cm³/mol. The molecule has 2 aromatic rings. The quantitative estimate of drug-likeness (QED) is 0.615. The zero-order valence-corrected chi connectivity index (χ0v) is 16.7. The van der Waals surface area contributed by atoms with Gasteiger partial charge in [-0.2, -0.15) is 0 Å². The second kappa shape index (κ2) is 10.8. The van der Waals surface area contributed by atoms with Crippen LogP contribution in [-0.4, -0.2) is 55.3 Å². The fourth-order valence-electron chi connectivity index (χ4n) is 3.57. The molecule has 29 heavy (non-hydrogen) atoms. The van der Waals surface area contributed by atoms with E-state index in [1.54, 1.807) is 6.07 Å². The predicted octanol–water partition coefficient (Wildman–Crippen LogP) is 3.82. The minimum Gasteiger partial charge on any atom is -0.492 e. The minimum atomic E-state index is -0.734. The van der Waals surface area contributed by atoms with Crippen molar-refractivity contribution in [2.24, 2.45) is 0 Å². The van der Waals surface area contributed by atoms with Crippen LogP contribution in [0, 0.1) is 5.82 Å². The van der Waals surface area contributed by atoms with Crippen LogP contribution in [0.2, 0.25) is 0 Å². The van der Waals surface area contributed by atoms with E-state index in [-0.39, 0.29) is 12.2 Å². The van der Waals surface area contributed by atoms with Gasteiger partial charge in [0.15, 0.2) is 0 Å². The molecule has 156 valence electrons. The number of rotatable bonds is 10. The molecule has 0 amide bonds. The molecule has 1 heterocycles. The van der Waals surface area contributed by atoms with Crippen LogP contribution in [-0.2, 0) is 11.2 Å². The second-order valence-corrected chi connectivity index (χ2v) is 7.37. The molecule has 1 aliphatic heterocycles. The van der Waals surface area contributed by atoms with Crippen LogP contribution in [0.25, 0.3) is 0 Å². The molecule has 6 heteroatoms. The van der Waals surface area contributed by atoms with Crippen LogP contribution < -0.4 is 9.64 Å². The van der Waals surface area contributed by atoms with E-state index in [1.165, 1.54) is 11.6 Å². The van der Waals surface area contributed by atoms with E-state index in [9.17, 15) is 9.18 Å². The first kappa shape index (κ1) is 21.1. The third-order valence-corrected chi connectivity index (χ3v) is 5.27. The van der Waals surface area contributed by atoms with Gasteiger partial charge < -0.3 is 14.7 Å². The number of hydrogen-bond donors (Lipinski definition) is 1. The first-order chi connectivity index (χ1) is 14.1. The number of unbranched alkanes of at least 4 members (excludes halogenated alkanes) is 1. The largest absolute Gasteiger partial charge is 0.492 e. The number of nitrogens with zero attached hydrogens (tertiary/aromatic N) is 2. The van der Waals surface area contributed by atoms with Gasteiger partial charge in [0.1, 0.15) is 18.2 Å². The van der Waals surface area contributed by atoms with Crippen LogP contribution >= 0.6 is 0 Å². The molecular weight excluding hydrogens is 371 g/mol. The highest BCUT2D eigenvalue weighted by Gasteiger charge is 2.18. The standard InChI is InChI=1S/C23H29FN2O3/c24-21-6-2-3-7-22(21)26-15-13-25(14-16-26)17-18-29-20-11-9-19(10-12-20)5-1-4-8-23(27)28/h2-3,6-7,9-12H,1,4-5,8,13-18H2,(H,27,28). The molecule has 0 bridgehead atoms. The molecule has 1 aliphatic rings. The van der Waals surface area contributed by atoms with Gasteiger partial charge in [-0.25, -0.2) is 4.39 Å². The summed E-state index contributed by atoms with van der Waals surface area (Å²) in [4.78, 5) is 15.0. The van der Waals surface area contributed by atoms with Crippen molar-refractivity contribution in [3.05, 3.63) is 59.9 Å². The average molecular weight is 400 g/mol. The van der Waals surface area contributed by atoms with Crippen molar-refractivity contribution in [1.82, 2.24) is 4.90 Å². The highest BCUT2D eigenvalue weighted by atomic mass is 19.1. The van der Waals surface area contributed by atoms with Crippen LogP contribution in [0.15, 0.2) is 48.5 Å². The molecule has 0 saturated carbocycles. The molecule has 0 unspecified atom stereocenters. The summed E-state index contributed by atoms with van der Waals surface area (Å²) in [7, 11) is 0. The van der Waals surface area contributed by atoms with Crippen molar-refractivity contribution < 1.29 is 19.0 Å². The molecule has 0 spiro atoms. The SMILES string of the molecule is O=C(O)CCCCc1ccc(OCCN2CCN(c3ccccc3F)CC2)cc1. The van der Waals surface area contributed by atoms with E-state index in [2.05, 4.69) is 9.80 Å². The molecule has 0 atom stereocenters. The Kier molecular flexibility index (Phi) is 7.87. The fourth-order valence-corrected chi connectivity index (χ4v) is 3.57. The molecule has 2 aromatic carbocycles. The fraction of sp³-hybridized carbons (Fsp3) is 0.435. The maximum atomic E-state index is 13.9. The van der Waals surface area contributed by atoms with Gasteiger partial charge in [0, 0.05) is 39.1 Å². The molecule has 1 saturated heterocycles. The summed E-state index contributed by atoms with van der Waals surface area (Å²) in [6.45, 7) is 4.90. The van der Waals surface area contributed by atoms with Gasteiger partial charge in [-0.05, 0) is 49.1 Å². The Morgan fingerprint density at radius 3 is 2.41 bits per heavy atom. The van der Waals surface area contributed by atoms with Gasteiger partial charge in [-0.1, -0.05) is 24.3 Å². The summed E-state index contributed by atoms with van der Waals surface area (Å²) in [6, 6.07) is 15.0. The molecular formula is C23H29FN2O3. The lowest BCUT2D eigenvalue weighted by atomic mass is 10.1. The topological polar surface area (TPSA) is 53.0 Å². The molecule has 1 fully saturated rings. The van der Waals surface area contributed by atoms with Gasteiger partial charge in [0.2, 0.25) is 0 Å². The Morgan fingerprint density at radius 2 is 1.72 bits per heavy atom. The zero-order chi connectivity index (χ0) is 20.5. The Hall–Kier alpha value is -2.60. The van der Waals surface area contributed by atoms with Crippen LogP contribution in [0.1, 0.15) is 24.8 Å². The number of anilines is 1. The number of aryl methyl sites for hydroxylation is 1. The highest BCUT2D eigenvalue weighted by Crippen LogP contribution is 2.20. The first-order valence-electron chi connectivity index (χ1n) is 10.3. The van der Waals surface area contributed by atoms with E-state index in [4.69, 9.17) is 9.84 Å². The number of carboxylic acids is 1. The normalized spacial score (nSPS) is 14.7. The number of carboxylic acid groups (broad SMARTS) is 1. The van der Waals surface area contributed by atoms with Gasteiger partial charge in [0.05, 0.1) is 5.69 Å². The second-order valence-electron chi connectivity index (χ2n) is 7.37. The van der Waals surface area contributed by atoms with Crippen molar-refractivity contribution in [2.75, 3.05) is 44.2 Å². The molecule has 0 aliphatic carbocycles. The lowest BCUT2D eigenvalue weighted by Gasteiger charge is -2.36. The number of piperazine rings is 1. The monoisotopic (exact) mass is 400 g/mol. The van der Waals surface area contributed by atoms with Gasteiger partial charge in [-0.3, -0.25) is 9.69 Å². The molecule has 5 nitrogen and oxygen atoms in total. The maximum Gasteiger partial charge on any atom is 0.303 e.